The molecule has 2 unspecified atom stereocenters. The topological polar surface area (TPSA) is 69.8 Å². The van der Waals surface area contributed by atoms with Crippen molar-refractivity contribution in [2.75, 3.05) is 19.7 Å². The fourth-order valence-electron chi connectivity index (χ4n) is 3.12. The van der Waals surface area contributed by atoms with Crippen molar-refractivity contribution in [2.45, 2.75) is 39.2 Å². The Morgan fingerprint density at radius 3 is 2.52 bits per heavy atom. The first kappa shape index (κ1) is 17.5. The highest BCUT2D eigenvalue weighted by Crippen LogP contribution is 2.31. The fraction of sp³-hybridized carbons (Fsp3) is 0.556. The number of para-hydroxylation sites is 1. The molecule has 0 bridgehead atoms. The van der Waals surface area contributed by atoms with E-state index in [1.807, 2.05) is 6.92 Å². The lowest BCUT2D eigenvalue weighted by molar-refractivity contribution is -0.540. The average Bonchev–Trinajstić information content (AvgIpc) is 2.56. The van der Waals surface area contributed by atoms with E-state index in [4.69, 9.17) is 4.74 Å². The monoisotopic (exact) mass is 320 g/mol. The number of ether oxygens (including phenoxy) is 1. The van der Waals surface area contributed by atoms with E-state index in [0.29, 0.717) is 5.56 Å². The van der Waals surface area contributed by atoms with Gasteiger partial charge < -0.3 is 14.9 Å². The first-order valence-corrected chi connectivity index (χ1v) is 8.27. The van der Waals surface area contributed by atoms with Gasteiger partial charge in [0.15, 0.2) is 11.6 Å². The smallest absolute Gasteiger partial charge is 0.322 e. The molecule has 5 heteroatoms. The van der Waals surface area contributed by atoms with Gasteiger partial charge in [-0.1, -0.05) is 18.2 Å². The molecule has 126 valence electrons. The molecule has 1 fully saturated rings. The second-order valence-corrected chi connectivity index (χ2v) is 5.92. The van der Waals surface area contributed by atoms with Crippen molar-refractivity contribution < 1.29 is 24.3 Å². The highest BCUT2D eigenvalue weighted by Gasteiger charge is 2.38. The van der Waals surface area contributed by atoms with E-state index >= 15 is 0 Å². The molecule has 5 nitrogen and oxygen atoms in total. The van der Waals surface area contributed by atoms with E-state index in [-0.39, 0.29) is 12.4 Å². The van der Waals surface area contributed by atoms with Gasteiger partial charge in [-0.3, -0.25) is 4.79 Å². The highest BCUT2D eigenvalue weighted by molar-refractivity contribution is 5.99. The van der Waals surface area contributed by atoms with Crippen molar-refractivity contribution in [3.63, 3.8) is 0 Å². The van der Waals surface area contributed by atoms with Crippen LogP contribution >= 0.6 is 0 Å². The number of carbonyl (C=O) groups excluding carboxylic acids is 1. The van der Waals surface area contributed by atoms with Crippen molar-refractivity contribution in [1.82, 2.24) is 0 Å². The molecular weight excluding hydrogens is 294 g/mol. The maximum Gasteiger partial charge on any atom is 0.322 e. The normalized spacial score (nSPS) is 17.4. The molecule has 23 heavy (non-hydrogen) atoms. The fourth-order valence-corrected chi connectivity index (χ4v) is 3.12. The van der Waals surface area contributed by atoms with Crippen LogP contribution < -0.4 is 0 Å². The molecule has 2 atom stereocenters. The Bertz CT molecular complexity index is 574. The molecule has 1 heterocycles. The Morgan fingerprint density at radius 1 is 1.26 bits per heavy atom. The summed E-state index contributed by atoms with van der Waals surface area (Å²) in [5, 5.41) is 20.7. The summed E-state index contributed by atoms with van der Waals surface area (Å²) in [6.45, 7) is 5.65. The van der Waals surface area contributed by atoms with Gasteiger partial charge in [0.05, 0.1) is 6.61 Å². The SMILES string of the molecule is CCOC(=O)C(C(C)=[N+]1CCCCC1)C(O)c1ccccc1O. The number of rotatable bonds is 5. The average molecular weight is 320 g/mol. The molecule has 1 aliphatic heterocycles. The Labute approximate surface area is 137 Å². The predicted octanol–water partition coefficient (Wildman–Crippen LogP) is 2.26. The summed E-state index contributed by atoms with van der Waals surface area (Å²) in [4.78, 5) is 12.4. The minimum Gasteiger partial charge on any atom is -0.508 e. The molecule has 1 saturated heterocycles. The molecule has 0 radical (unpaired) electrons. The summed E-state index contributed by atoms with van der Waals surface area (Å²) >= 11 is 0. The van der Waals surface area contributed by atoms with E-state index in [1.165, 1.54) is 12.5 Å². The van der Waals surface area contributed by atoms with Gasteiger partial charge >= 0.3 is 5.97 Å². The van der Waals surface area contributed by atoms with E-state index in [1.54, 1.807) is 25.1 Å². The van der Waals surface area contributed by atoms with Gasteiger partial charge in [-0.2, -0.15) is 0 Å². The van der Waals surface area contributed by atoms with Crippen LogP contribution in [0.3, 0.4) is 0 Å². The number of nitrogens with zero attached hydrogens (tertiary/aromatic N) is 1. The number of phenolic OH excluding ortho intramolecular Hbond substituents is 1. The van der Waals surface area contributed by atoms with Crippen LogP contribution in [0.4, 0.5) is 0 Å². The van der Waals surface area contributed by atoms with Crippen LogP contribution in [0.15, 0.2) is 24.3 Å². The van der Waals surface area contributed by atoms with Crippen LogP contribution in [0.5, 0.6) is 5.75 Å². The number of esters is 1. The van der Waals surface area contributed by atoms with Crippen molar-refractivity contribution in [2.24, 2.45) is 5.92 Å². The number of phenols is 1. The summed E-state index contributed by atoms with van der Waals surface area (Å²) in [6, 6.07) is 6.57. The molecular formula is C18H26NO4+. The molecule has 0 amide bonds. The molecule has 0 saturated carbocycles. The number of hydrogen-bond donors (Lipinski definition) is 2. The lowest BCUT2D eigenvalue weighted by Crippen LogP contribution is -2.38. The minimum atomic E-state index is -1.13. The Morgan fingerprint density at radius 2 is 1.91 bits per heavy atom. The molecule has 1 aromatic rings. The summed E-state index contributed by atoms with van der Waals surface area (Å²) in [5.74, 6) is -1.27. The van der Waals surface area contributed by atoms with Crippen molar-refractivity contribution in [3.05, 3.63) is 29.8 Å². The van der Waals surface area contributed by atoms with Gasteiger partial charge in [-0.05, 0) is 19.4 Å². The Balaban J connectivity index is 2.37. The molecule has 0 aromatic heterocycles. The lowest BCUT2D eigenvalue weighted by Gasteiger charge is -2.23. The molecule has 2 N–H and O–H groups in total. The number of hydrogen-bond acceptors (Lipinski definition) is 4. The van der Waals surface area contributed by atoms with Crippen LogP contribution in [0.2, 0.25) is 0 Å². The summed E-state index contributed by atoms with van der Waals surface area (Å²) < 4.78 is 7.32. The van der Waals surface area contributed by atoms with Gasteiger partial charge in [0.2, 0.25) is 0 Å². The third kappa shape index (κ3) is 4.10. The molecule has 2 rings (SSSR count). The van der Waals surface area contributed by atoms with Crippen LogP contribution in [0.25, 0.3) is 0 Å². The standard InChI is InChI=1S/C18H25NO4/c1-3-23-18(22)16(13(2)19-11-7-4-8-12-19)17(21)14-9-5-6-10-15(14)20/h5-6,9-10,16-17,21H,3-4,7-8,11-12H2,1-2H3/p+1. The summed E-state index contributed by atoms with van der Waals surface area (Å²) in [5.41, 5.74) is 1.15. The molecule has 0 spiro atoms. The quantitative estimate of drug-likeness (QED) is 0.645. The van der Waals surface area contributed by atoms with E-state index in [9.17, 15) is 15.0 Å². The number of benzene rings is 1. The third-order valence-corrected chi connectivity index (χ3v) is 4.42. The second kappa shape index (κ2) is 8.11. The summed E-state index contributed by atoms with van der Waals surface area (Å²) in [7, 11) is 0. The molecule has 1 aromatic carbocycles. The van der Waals surface area contributed by atoms with E-state index < -0.39 is 18.0 Å². The van der Waals surface area contributed by atoms with Gasteiger partial charge in [0.1, 0.15) is 24.9 Å². The van der Waals surface area contributed by atoms with Crippen LogP contribution in [-0.4, -0.2) is 46.2 Å². The third-order valence-electron chi connectivity index (χ3n) is 4.42. The lowest BCUT2D eigenvalue weighted by atomic mass is 9.90. The maximum absolute atomic E-state index is 12.4. The predicted molar refractivity (Wildman–Crippen MR) is 87.7 cm³/mol. The first-order valence-electron chi connectivity index (χ1n) is 8.27. The number of aliphatic hydroxyl groups is 1. The number of aromatic hydroxyl groups is 1. The second-order valence-electron chi connectivity index (χ2n) is 5.92. The zero-order valence-electron chi connectivity index (χ0n) is 13.9. The van der Waals surface area contributed by atoms with E-state index in [0.717, 1.165) is 31.6 Å². The van der Waals surface area contributed by atoms with Gasteiger partial charge in [-0.15, -0.1) is 0 Å². The van der Waals surface area contributed by atoms with Gasteiger partial charge in [-0.25, -0.2) is 4.58 Å². The Hall–Kier alpha value is -1.88. The maximum atomic E-state index is 12.4. The van der Waals surface area contributed by atoms with E-state index in [2.05, 4.69) is 4.58 Å². The van der Waals surface area contributed by atoms with Crippen molar-refractivity contribution in [3.8, 4) is 5.75 Å². The Kier molecular flexibility index (Phi) is 6.16. The summed E-state index contributed by atoms with van der Waals surface area (Å²) in [6.07, 6.45) is 2.23. The van der Waals surface area contributed by atoms with Crippen LogP contribution in [-0.2, 0) is 9.53 Å². The zero-order valence-corrected chi connectivity index (χ0v) is 13.9. The first-order chi connectivity index (χ1) is 11.1. The van der Waals surface area contributed by atoms with Crippen molar-refractivity contribution in [1.29, 1.82) is 0 Å². The molecule has 1 aliphatic rings. The van der Waals surface area contributed by atoms with Crippen LogP contribution in [0.1, 0.15) is 44.8 Å². The van der Waals surface area contributed by atoms with Crippen LogP contribution in [0, 0.1) is 5.92 Å². The number of piperidine rings is 1. The zero-order chi connectivity index (χ0) is 16.8. The largest absolute Gasteiger partial charge is 0.508 e. The highest BCUT2D eigenvalue weighted by atomic mass is 16.5. The minimum absolute atomic E-state index is 0.0132. The van der Waals surface area contributed by atoms with Gasteiger partial charge in [0.25, 0.3) is 0 Å². The molecule has 0 aliphatic carbocycles. The number of aliphatic hydroxyl groups excluding tert-OH is 1. The van der Waals surface area contributed by atoms with Crippen molar-refractivity contribution >= 4 is 11.7 Å². The number of carbonyl (C=O) groups is 1. The van der Waals surface area contributed by atoms with Gasteiger partial charge in [0, 0.05) is 25.3 Å².